The molecule has 0 aliphatic carbocycles. The second kappa shape index (κ2) is 9.50. The Morgan fingerprint density at radius 3 is 1.48 bits per heavy atom. The minimum Gasteiger partial charge on any atom is -0.363 e. The summed E-state index contributed by atoms with van der Waals surface area (Å²) >= 11 is 0. The van der Waals surface area contributed by atoms with E-state index in [1.54, 1.807) is 12.1 Å². The minimum atomic E-state index is -0.489. The van der Waals surface area contributed by atoms with Crippen LogP contribution in [0.4, 0.5) is 5.69 Å². The van der Waals surface area contributed by atoms with Crippen LogP contribution >= 0.6 is 0 Å². The van der Waals surface area contributed by atoms with Crippen molar-refractivity contribution >= 4 is 17.5 Å². The molecule has 0 bridgehead atoms. The number of benzene rings is 3. The zero-order valence-electron chi connectivity index (χ0n) is 15.8. The maximum Gasteiger partial charge on any atom is 0.265 e. The van der Waals surface area contributed by atoms with Gasteiger partial charge in [0.05, 0.1) is 0 Å². The van der Waals surface area contributed by atoms with Gasteiger partial charge in [0.15, 0.2) is 0 Å². The van der Waals surface area contributed by atoms with E-state index in [1.165, 1.54) is 6.07 Å². The molecule has 0 radical (unpaired) electrons. The Bertz CT molecular complexity index is 901. The third kappa shape index (κ3) is 5.19. The van der Waals surface area contributed by atoms with Gasteiger partial charge in [-0.25, -0.2) is 11.7 Å². The summed E-state index contributed by atoms with van der Waals surface area (Å²) in [5.74, 6) is 9.62. The van der Waals surface area contributed by atoms with E-state index in [0.717, 1.165) is 11.1 Å². The molecule has 7 nitrogen and oxygen atoms in total. The number of hydrazine groups is 2. The largest absolute Gasteiger partial charge is 0.363 e. The molecule has 6 N–H and O–H groups in total. The smallest absolute Gasteiger partial charge is 0.265 e. The lowest BCUT2D eigenvalue weighted by Gasteiger charge is -2.26. The van der Waals surface area contributed by atoms with Gasteiger partial charge in [0.1, 0.15) is 0 Å². The van der Waals surface area contributed by atoms with Gasteiger partial charge >= 0.3 is 0 Å². The summed E-state index contributed by atoms with van der Waals surface area (Å²) < 4.78 is 0. The highest BCUT2D eigenvalue weighted by molar-refractivity contribution is 6.00. The van der Waals surface area contributed by atoms with Crippen molar-refractivity contribution in [2.75, 3.05) is 4.90 Å². The Morgan fingerprint density at radius 1 is 0.690 bits per heavy atom. The van der Waals surface area contributed by atoms with Gasteiger partial charge < -0.3 is 4.90 Å². The number of nitrogen functional groups attached to an aromatic ring is 2. The van der Waals surface area contributed by atoms with Crippen molar-refractivity contribution in [3.8, 4) is 0 Å². The summed E-state index contributed by atoms with van der Waals surface area (Å²) in [6, 6.07) is 24.8. The summed E-state index contributed by atoms with van der Waals surface area (Å²) in [5.41, 5.74) is 7.67. The Hall–Kier alpha value is -3.68. The van der Waals surface area contributed by atoms with E-state index in [2.05, 4.69) is 15.8 Å². The molecular weight excluding hydrogens is 366 g/mol. The molecular formula is C22H23N5O2. The van der Waals surface area contributed by atoms with Crippen LogP contribution in [0.2, 0.25) is 0 Å². The fraction of sp³-hybridized carbons (Fsp3) is 0.0909. The van der Waals surface area contributed by atoms with Gasteiger partial charge in [0, 0.05) is 29.9 Å². The van der Waals surface area contributed by atoms with Crippen LogP contribution in [0.5, 0.6) is 0 Å². The van der Waals surface area contributed by atoms with Crippen molar-refractivity contribution in [3.63, 3.8) is 0 Å². The van der Waals surface area contributed by atoms with Crippen LogP contribution in [-0.2, 0) is 13.1 Å². The molecule has 29 heavy (non-hydrogen) atoms. The summed E-state index contributed by atoms with van der Waals surface area (Å²) in [7, 11) is 0. The highest BCUT2D eigenvalue weighted by Gasteiger charge is 2.16. The third-order valence-electron chi connectivity index (χ3n) is 4.50. The van der Waals surface area contributed by atoms with Crippen LogP contribution in [-0.4, -0.2) is 11.8 Å². The van der Waals surface area contributed by atoms with Gasteiger partial charge in [0.25, 0.3) is 11.8 Å². The van der Waals surface area contributed by atoms with Crippen LogP contribution in [0.15, 0.2) is 78.9 Å². The lowest BCUT2D eigenvalue weighted by atomic mass is 10.1. The Labute approximate surface area is 169 Å². The molecule has 0 unspecified atom stereocenters. The average Bonchev–Trinajstić information content (AvgIpc) is 2.78. The zero-order valence-corrected chi connectivity index (χ0v) is 15.8. The van der Waals surface area contributed by atoms with Gasteiger partial charge in [-0.2, -0.15) is 0 Å². The average molecular weight is 389 g/mol. The maximum absolute atomic E-state index is 12.2. The highest BCUT2D eigenvalue weighted by Crippen LogP contribution is 2.24. The van der Waals surface area contributed by atoms with Crippen LogP contribution in [0.3, 0.4) is 0 Å². The lowest BCUT2D eigenvalue weighted by molar-refractivity contribution is 0.0953. The number of hydrogen-bond donors (Lipinski definition) is 4. The molecule has 3 aromatic carbocycles. The van der Waals surface area contributed by atoms with Crippen molar-refractivity contribution in [1.82, 2.24) is 10.9 Å². The first-order valence-electron chi connectivity index (χ1n) is 9.10. The fourth-order valence-electron chi connectivity index (χ4n) is 3.07. The van der Waals surface area contributed by atoms with Gasteiger partial charge in [-0.1, -0.05) is 60.7 Å². The van der Waals surface area contributed by atoms with Crippen molar-refractivity contribution in [2.24, 2.45) is 11.7 Å². The number of carbonyl (C=O) groups is 2. The standard InChI is InChI=1S/C22H23N5O2/c23-25-21(28)18-11-19(22(29)26-24)13-20(12-18)27(14-16-7-3-1-4-8-16)15-17-9-5-2-6-10-17/h1-13H,14-15,23-24H2,(H,25,28)(H,26,29). The molecule has 0 atom stereocenters. The molecule has 2 amide bonds. The van der Waals surface area contributed by atoms with Gasteiger partial charge in [-0.15, -0.1) is 0 Å². The first-order chi connectivity index (χ1) is 14.1. The van der Waals surface area contributed by atoms with Crippen LogP contribution < -0.4 is 27.4 Å². The molecule has 0 aromatic heterocycles. The van der Waals surface area contributed by atoms with Crippen LogP contribution in [0.25, 0.3) is 0 Å². The molecule has 0 spiro atoms. The van der Waals surface area contributed by atoms with Crippen molar-refractivity contribution in [3.05, 3.63) is 101 Å². The normalized spacial score (nSPS) is 10.3. The zero-order chi connectivity index (χ0) is 20.6. The van der Waals surface area contributed by atoms with Crippen LogP contribution in [0.1, 0.15) is 31.8 Å². The van der Waals surface area contributed by atoms with E-state index < -0.39 is 11.8 Å². The molecule has 0 saturated heterocycles. The molecule has 148 valence electrons. The van der Waals surface area contributed by atoms with Crippen molar-refractivity contribution < 1.29 is 9.59 Å². The molecule has 0 saturated carbocycles. The number of nitrogens with one attached hydrogen (secondary N) is 2. The molecule has 0 aliphatic heterocycles. The molecule has 0 heterocycles. The Morgan fingerprint density at radius 2 is 1.10 bits per heavy atom. The van der Waals surface area contributed by atoms with E-state index in [1.807, 2.05) is 60.7 Å². The quantitative estimate of drug-likeness (QED) is 0.281. The molecule has 3 aromatic rings. The van der Waals surface area contributed by atoms with E-state index in [-0.39, 0.29) is 11.1 Å². The summed E-state index contributed by atoms with van der Waals surface area (Å²) in [4.78, 5) is 26.4. The number of hydrogen-bond acceptors (Lipinski definition) is 5. The molecule has 7 heteroatoms. The SMILES string of the molecule is NNC(=O)c1cc(C(=O)NN)cc(N(Cc2ccccc2)Cc2ccccc2)c1. The Kier molecular flexibility index (Phi) is 6.57. The summed E-state index contributed by atoms with van der Waals surface area (Å²) in [5, 5.41) is 0. The molecule has 0 aliphatic rings. The first-order valence-corrected chi connectivity index (χ1v) is 9.10. The number of nitrogens with zero attached hydrogens (tertiary/aromatic N) is 1. The van der Waals surface area contributed by atoms with Crippen LogP contribution in [0, 0.1) is 0 Å². The second-order valence-corrected chi connectivity index (χ2v) is 6.54. The number of nitrogens with two attached hydrogens (primary N) is 2. The van der Waals surface area contributed by atoms with Gasteiger partial charge in [-0.05, 0) is 29.3 Å². The summed E-state index contributed by atoms with van der Waals surface area (Å²) in [6.45, 7) is 1.18. The minimum absolute atomic E-state index is 0.273. The topological polar surface area (TPSA) is 113 Å². The van der Waals surface area contributed by atoms with E-state index >= 15 is 0 Å². The highest BCUT2D eigenvalue weighted by atomic mass is 16.2. The lowest BCUT2D eigenvalue weighted by Crippen LogP contribution is -2.33. The van der Waals surface area contributed by atoms with Gasteiger partial charge in [-0.3, -0.25) is 20.4 Å². The van der Waals surface area contributed by atoms with Crippen molar-refractivity contribution in [2.45, 2.75) is 13.1 Å². The maximum atomic E-state index is 12.2. The predicted molar refractivity (Wildman–Crippen MR) is 113 cm³/mol. The number of rotatable bonds is 7. The first kappa shape index (κ1) is 20.1. The van der Waals surface area contributed by atoms with E-state index in [9.17, 15) is 9.59 Å². The predicted octanol–water partition coefficient (Wildman–Crippen LogP) is 2.10. The third-order valence-corrected chi connectivity index (χ3v) is 4.50. The van der Waals surface area contributed by atoms with Crippen molar-refractivity contribution in [1.29, 1.82) is 0 Å². The molecule has 0 fully saturated rings. The number of amides is 2. The van der Waals surface area contributed by atoms with Gasteiger partial charge in [0.2, 0.25) is 0 Å². The van der Waals surface area contributed by atoms with E-state index in [0.29, 0.717) is 18.8 Å². The summed E-state index contributed by atoms with van der Waals surface area (Å²) in [6.07, 6.45) is 0. The number of carbonyl (C=O) groups excluding carboxylic acids is 2. The Balaban J connectivity index is 2.05. The fourth-order valence-corrected chi connectivity index (χ4v) is 3.07. The monoisotopic (exact) mass is 389 g/mol. The van der Waals surface area contributed by atoms with E-state index in [4.69, 9.17) is 11.7 Å². The molecule has 3 rings (SSSR count). The second-order valence-electron chi connectivity index (χ2n) is 6.54. The number of anilines is 1.